The third kappa shape index (κ3) is 10.1. The Morgan fingerprint density at radius 2 is 0.745 bits per heavy atom. The lowest BCUT2D eigenvalue weighted by atomic mass is 9.66. The van der Waals surface area contributed by atoms with Crippen LogP contribution in [0.15, 0.2) is 259 Å². The molecule has 0 saturated carbocycles. The van der Waals surface area contributed by atoms with Gasteiger partial charge in [-0.2, -0.15) is 0 Å². The van der Waals surface area contributed by atoms with Gasteiger partial charge < -0.3 is 18.8 Å². The van der Waals surface area contributed by atoms with Gasteiger partial charge in [0, 0.05) is 75.9 Å². The van der Waals surface area contributed by atoms with E-state index in [1.807, 2.05) is 11.3 Å². The highest BCUT2D eigenvalue weighted by Gasteiger charge is 2.51. The van der Waals surface area contributed by atoms with Crippen molar-refractivity contribution in [1.29, 1.82) is 0 Å². The molecule has 3 aromatic heterocycles. The van der Waals surface area contributed by atoms with Gasteiger partial charge in [-0.15, -0.1) is 11.3 Å². The Kier molecular flexibility index (Phi) is 14.5. The van der Waals surface area contributed by atoms with E-state index < -0.39 is 5.41 Å². The molecule has 3 heterocycles. The summed E-state index contributed by atoms with van der Waals surface area (Å²) in [7, 11) is 0. The standard InChI is InChI=1S/C93H87N3OS/c1-88(2,3)58-34-36-62(37-35-58)93(64-45-53-77-73(55-64)72-54-63(92(13,14)15)44-52-76(72)96(77)69-50-42-61(43-51-69)91(10,11)12)74-56-78(94(65-26-18-16-19-27-65)67-46-38-59(39-47-67)89(4,5)6)82-70-30-22-24-32-80(70)97-86(82)84(74)85-75(93)57-79(83-71-31-23-25-33-81(71)98-87(83)85)95(66-28-20-17-21-29-66)68-48-40-60(41-49-68)90(7,8)9/h16-57H,1-15H3. The lowest BCUT2D eigenvalue weighted by Crippen LogP contribution is -2.29. The van der Waals surface area contributed by atoms with Crippen LogP contribution in [0.3, 0.4) is 0 Å². The van der Waals surface area contributed by atoms with Gasteiger partial charge in [0.2, 0.25) is 0 Å². The molecule has 4 nitrogen and oxygen atoms in total. The number of para-hydroxylation sites is 3. The molecule has 0 N–H and O–H groups in total. The lowest BCUT2D eigenvalue weighted by molar-refractivity contribution is 0.589. The van der Waals surface area contributed by atoms with Gasteiger partial charge in [0.1, 0.15) is 11.2 Å². The highest BCUT2D eigenvalue weighted by atomic mass is 32.1. The van der Waals surface area contributed by atoms with Crippen LogP contribution in [0.4, 0.5) is 34.1 Å². The van der Waals surface area contributed by atoms with Crippen LogP contribution in [0.2, 0.25) is 0 Å². The molecule has 5 heteroatoms. The summed E-state index contributed by atoms with van der Waals surface area (Å²) in [5.74, 6) is 0. The zero-order valence-corrected chi connectivity index (χ0v) is 60.2. The van der Waals surface area contributed by atoms with Gasteiger partial charge in [-0.05, 0) is 186 Å². The van der Waals surface area contributed by atoms with Crippen molar-refractivity contribution in [3.05, 3.63) is 305 Å². The topological polar surface area (TPSA) is 24.6 Å². The number of aromatic nitrogens is 1. The van der Waals surface area contributed by atoms with Crippen molar-refractivity contribution in [3.63, 3.8) is 0 Å². The number of nitrogens with zero attached hydrogens (tertiary/aromatic N) is 3. The predicted octanol–water partition coefficient (Wildman–Crippen LogP) is 26.8. The third-order valence-corrected chi connectivity index (χ3v) is 22.2. The van der Waals surface area contributed by atoms with Crippen molar-refractivity contribution >= 4 is 109 Å². The summed E-state index contributed by atoms with van der Waals surface area (Å²) >= 11 is 1.91. The molecule has 0 fully saturated rings. The molecule has 0 spiro atoms. The average Bonchev–Trinajstić information content (AvgIpc) is 1.50. The molecule has 0 radical (unpaired) electrons. The Hall–Kier alpha value is -9.94. The van der Waals surface area contributed by atoms with Crippen LogP contribution in [0, 0.1) is 0 Å². The zero-order valence-electron chi connectivity index (χ0n) is 59.4. The Balaban J connectivity index is 1.13. The molecule has 0 saturated heterocycles. The number of furan rings is 1. The van der Waals surface area contributed by atoms with Crippen molar-refractivity contribution in [3.8, 4) is 16.8 Å². The van der Waals surface area contributed by atoms with E-state index >= 15 is 0 Å². The van der Waals surface area contributed by atoms with Crippen molar-refractivity contribution < 1.29 is 4.42 Å². The second-order valence-electron chi connectivity index (χ2n) is 32.6. The number of rotatable bonds is 9. The number of anilines is 6. The first-order valence-corrected chi connectivity index (χ1v) is 35.8. The monoisotopic (exact) mass is 1290 g/mol. The molecule has 1 atom stereocenters. The maximum atomic E-state index is 7.80. The van der Waals surface area contributed by atoms with Gasteiger partial charge >= 0.3 is 0 Å². The van der Waals surface area contributed by atoms with Crippen molar-refractivity contribution in [2.45, 2.75) is 136 Å². The molecule has 1 aliphatic rings. The van der Waals surface area contributed by atoms with Crippen LogP contribution < -0.4 is 9.80 Å². The van der Waals surface area contributed by atoms with Gasteiger partial charge in [0.25, 0.3) is 0 Å². The molecular weight excluding hydrogens is 1210 g/mol. The van der Waals surface area contributed by atoms with Crippen LogP contribution in [0.5, 0.6) is 0 Å². The van der Waals surface area contributed by atoms with Gasteiger partial charge in [-0.1, -0.05) is 249 Å². The molecule has 486 valence electrons. The van der Waals surface area contributed by atoms with Gasteiger partial charge in [-0.25, -0.2) is 0 Å². The highest BCUT2D eigenvalue weighted by Crippen LogP contribution is 2.65. The molecule has 0 bridgehead atoms. The smallest absolute Gasteiger partial charge is 0.145 e. The fourth-order valence-corrected chi connectivity index (χ4v) is 17.0. The van der Waals surface area contributed by atoms with Crippen molar-refractivity contribution in [2.24, 2.45) is 0 Å². The summed E-state index contributed by atoms with van der Waals surface area (Å²) in [6.07, 6.45) is 0. The summed E-state index contributed by atoms with van der Waals surface area (Å²) in [4.78, 5) is 5.04. The first kappa shape index (κ1) is 62.8. The van der Waals surface area contributed by atoms with Crippen LogP contribution in [0.25, 0.3) is 80.7 Å². The number of hydrogen-bond acceptors (Lipinski definition) is 4. The van der Waals surface area contributed by atoms with E-state index in [0.29, 0.717) is 0 Å². The zero-order chi connectivity index (χ0) is 68.2. The minimum Gasteiger partial charge on any atom is -0.455 e. The number of thiophene rings is 1. The van der Waals surface area contributed by atoms with E-state index in [1.54, 1.807) is 0 Å². The fourth-order valence-electron chi connectivity index (χ4n) is 15.7. The number of fused-ring (bicyclic) bond motifs is 14. The van der Waals surface area contributed by atoms with E-state index in [0.717, 1.165) is 78.4 Å². The lowest BCUT2D eigenvalue weighted by Gasteiger charge is -2.36. The Bertz CT molecular complexity index is 5370. The van der Waals surface area contributed by atoms with Gasteiger partial charge in [0.15, 0.2) is 0 Å². The minimum atomic E-state index is -1.00. The molecule has 12 aromatic carbocycles. The van der Waals surface area contributed by atoms with Crippen LogP contribution in [0.1, 0.15) is 154 Å². The van der Waals surface area contributed by atoms with Crippen molar-refractivity contribution in [1.82, 2.24) is 4.57 Å². The third-order valence-electron chi connectivity index (χ3n) is 21.0. The minimum absolute atomic E-state index is 0.00223. The number of benzene rings is 12. The first-order chi connectivity index (χ1) is 46.8. The average molecular weight is 1290 g/mol. The van der Waals surface area contributed by atoms with Crippen LogP contribution >= 0.6 is 11.3 Å². The van der Waals surface area contributed by atoms with Gasteiger partial charge in [-0.3, -0.25) is 0 Å². The van der Waals surface area contributed by atoms with E-state index in [-0.39, 0.29) is 27.1 Å². The summed E-state index contributed by atoms with van der Waals surface area (Å²) in [6, 6.07) is 97.6. The molecule has 98 heavy (non-hydrogen) atoms. The maximum absolute atomic E-state index is 7.80. The Labute approximate surface area is 582 Å². The van der Waals surface area contributed by atoms with E-state index in [4.69, 9.17) is 4.42 Å². The molecule has 1 unspecified atom stereocenters. The number of hydrogen-bond donors (Lipinski definition) is 0. The van der Waals surface area contributed by atoms with E-state index in [2.05, 4.69) is 373 Å². The summed E-state index contributed by atoms with van der Waals surface area (Å²) in [6.45, 7) is 34.7. The Morgan fingerprint density at radius 1 is 0.337 bits per heavy atom. The molecule has 0 amide bonds. The molecular formula is C93H87N3OS. The molecule has 1 aliphatic carbocycles. The molecule has 16 rings (SSSR count). The second-order valence-corrected chi connectivity index (χ2v) is 33.7. The SMILES string of the molecule is CC(C)(C)c1ccc(N(c2ccccc2)c2cc3c(c4oc5ccccc5c24)-c2c(cc(N(c4ccccc4)c4ccc(C(C)(C)C)cc4)c4c2sc2ccccc24)C3(c2ccc(C(C)(C)C)cc2)c2ccc3c(c2)c2cc(C(C)(C)C)ccc2n3-c2ccc(C(C)(C)C)cc2)cc1. The summed E-state index contributed by atoms with van der Waals surface area (Å²) < 4.78 is 12.8. The predicted molar refractivity (Wildman–Crippen MR) is 421 cm³/mol. The molecule has 15 aromatic rings. The van der Waals surface area contributed by atoms with Crippen LogP contribution in [-0.4, -0.2) is 4.57 Å². The van der Waals surface area contributed by atoms with E-state index in [9.17, 15) is 0 Å². The highest BCUT2D eigenvalue weighted by molar-refractivity contribution is 7.26. The largest absolute Gasteiger partial charge is 0.455 e. The Morgan fingerprint density at radius 3 is 1.28 bits per heavy atom. The molecule has 0 aliphatic heterocycles. The summed E-state index contributed by atoms with van der Waals surface area (Å²) in [5, 5.41) is 6.99. The van der Waals surface area contributed by atoms with Gasteiger partial charge in [0.05, 0.1) is 33.2 Å². The quantitative estimate of drug-likeness (QED) is 0.144. The summed E-state index contributed by atoms with van der Waals surface area (Å²) in [5.41, 5.74) is 23.8. The van der Waals surface area contributed by atoms with E-state index in [1.165, 1.54) is 86.5 Å². The maximum Gasteiger partial charge on any atom is 0.145 e. The second kappa shape index (κ2) is 22.6. The first-order valence-electron chi connectivity index (χ1n) is 35.0. The normalized spacial score (nSPS) is 14.5. The fraction of sp³-hybridized carbons (Fsp3) is 0.226. The van der Waals surface area contributed by atoms with Crippen LogP contribution in [-0.2, 0) is 32.5 Å². The van der Waals surface area contributed by atoms with Crippen molar-refractivity contribution in [2.75, 3.05) is 9.80 Å².